The lowest BCUT2D eigenvalue weighted by molar-refractivity contribution is 0.327. The molecule has 98 valence electrons. The van der Waals surface area contributed by atoms with E-state index in [2.05, 4.69) is 18.3 Å². The molecule has 1 aromatic rings. The standard InChI is InChI=1S/C15H19Cl2N/c1-9(12-3-2-4-13(16)15(12)17)18-14-8-10-5-6-11(14)7-10/h2-4,9-11,14,18H,5-8H2,1H3. The van der Waals surface area contributed by atoms with Crippen molar-refractivity contribution in [1.29, 1.82) is 0 Å². The van der Waals surface area contributed by atoms with Crippen molar-refractivity contribution in [2.45, 2.75) is 44.7 Å². The maximum absolute atomic E-state index is 6.28. The molecule has 0 spiro atoms. The molecule has 1 N–H and O–H groups in total. The van der Waals surface area contributed by atoms with Crippen LogP contribution in [0.15, 0.2) is 18.2 Å². The van der Waals surface area contributed by atoms with Crippen LogP contribution in [0.3, 0.4) is 0 Å². The largest absolute Gasteiger partial charge is 0.307 e. The number of hydrogen-bond acceptors (Lipinski definition) is 1. The van der Waals surface area contributed by atoms with E-state index in [-0.39, 0.29) is 6.04 Å². The summed E-state index contributed by atoms with van der Waals surface area (Å²) < 4.78 is 0. The van der Waals surface area contributed by atoms with Gasteiger partial charge in [0.05, 0.1) is 10.0 Å². The van der Waals surface area contributed by atoms with Crippen LogP contribution in [0.25, 0.3) is 0 Å². The average Bonchev–Trinajstić information content (AvgIpc) is 2.94. The minimum absolute atomic E-state index is 0.278. The average molecular weight is 284 g/mol. The Morgan fingerprint density at radius 2 is 2.06 bits per heavy atom. The van der Waals surface area contributed by atoms with Crippen LogP contribution in [-0.2, 0) is 0 Å². The molecule has 2 bridgehead atoms. The lowest BCUT2D eigenvalue weighted by Gasteiger charge is -2.27. The SMILES string of the molecule is CC(NC1CC2CCC1C2)c1cccc(Cl)c1Cl. The van der Waals surface area contributed by atoms with Crippen molar-refractivity contribution in [1.82, 2.24) is 5.32 Å². The summed E-state index contributed by atoms with van der Waals surface area (Å²) >= 11 is 12.4. The molecule has 2 saturated carbocycles. The van der Waals surface area contributed by atoms with Gasteiger partial charge in [-0.15, -0.1) is 0 Å². The summed E-state index contributed by atoms with van der Waals surface area (Å²) in [7, 11) is 0. The minimum atomic E-state index is 0.278. The molecule has 3 heteroatoms. The Bertz CT molecular complexity index is 446. The zero-order chi connectivity index (χ0) is 12.7. The number of rotatable bonds is 3. The molecule has 2 aliphatic rings. The van der Waals surface area contributed by atoms with E-state index >= 15 is 0 Å². The van der Waals surface area contributed by atoms with Gasteiger partial charge in [0, 0.05) is 12.1 Å². The lowest BCUT2D eigenvalue weighted by Crippen LogP contribution is -2.35. The summed E-state index contributed by atoms with van der Waals surface area (Å²) in [5.74, 6) is 1.85. The lowest BCUT2D eigenvalue weighted by atomic mass is 9.94. The second-order valence-corrected chi connectivity index (χ2v) is 6.60. The predicted molar refractivity (Wildman–Crippen MR) is 77.2 cm³/mol. The Balaban J connectivity index is 1.71. The number of benzene rings is 1. The number of fused-ring (bicyclic) bond motifs is 2. The van der Waals surface area contributed by atoms with E-state index in [0.717, 1.165) is 17.4 Å². The molecule has 2 aliphatic carbocycles. The van der Waals surface area contributed by atoms with Crippen LogP contribution in [0.2, 0.25) is 10.0 Å². The highest BCUT2D eigenvalue weighted by atomic mass is 35.5. The smallest absolute Gasteiger partial charge is 0.0639 e. The van der Waals surface area contributed by atoms with Crippen molar-refractivity contribution in [3.05, 3.63) is 33.8 Å². The van der Waals surface area contributed by atoms with Crippen molar-refractivity contribution in [3.8, 4) is 0 Å². The first-order chi connectivity index (χ1) is 8.65. The monoisotopic (exact) mass is 283 g/mol. The summed E-state index contributed by atoms with van der Waals surface area (Å²) in [6.07, 6.45) is 5.61. The highest BCUT2D eigenvalue weighted by Gasteiger charge is 2.39. The van der Waals surface area contributed by atoms with Crippen molar-refractivity contribution < 1.29 is 0 Å². The molecule has 0 radical (unpaired) electrons. The highest BCUT2D eigenvalue weighted by Crippen LogP contribution is 2.45. The van der Waals surface area contributed by atoms with Gasteiger partial charge in [-0.3, -0.25) is 0 Å². The van der Waals surface area contributed by atoms with Gasteiger partial charge < -0.3 is 5.32 Å². The van der Waals surface area contributed by atoms with Gasteiger partial charge in [-0.05, 0) is 49.7 Å². The normalized spacial score (nSPS) is 31.8. The van der Waals surface area contributed by atoms with Gasteiger partial charge in [-0.25, -0.2) is 0 Å². The Kier molecular flexibility index (Phi) is 3.57. The Labute approximate surface area is 119 Å². The second kappa shape index (κ2) is 5.03. The van der Waals surface area contributed by atoms with Crippen molar-refractivity contribution in [3.63, 3.8) is 0 Å². The van der Waals surface area contributed by atoms with Gasteiger partial charge >= 0.3 is 0 Å². The first kappa shape index (κ1) is 12.8. The fourth-order valence-electron chi connectivity index (χ4n) is 3.71. The van der Waals surface area contributed by atoms with Crippen LogP contribution >= 0.6 is 23.2 Å². The first-order valence-corrected chi connectivity index (χ1v) is 7.60. The molecule has 0 aromatic heterocycles. The van der Waals surface area contributed by atoms with E-state index in [0.29, 0.717) is 16.1 Å². The first-order valence-electron chi connectivity index (χ1n) is 6.85. The number of hydrogen-bond donors (Lipinski definition) is 1. The van der Waals surface area contributed by atoms with Gasteiger partial charge in [0.1, 0.15) is 0 Å². The Hall–Kier alpha value is -0.240. The second-order valence-electron chi connectivity index (χ2n) is 5.81. The maximum Gasteiger partial charge on any atom is 0.0639 e. The van der Waals surface area contributed by atoms with Crippen LogP contribution in [0, 0.1) is 11.8 Å². The van der Waals surface area contributed by atoms with Crippen LogP contribution in [-0.4, -0.2) is 6.04 Å². The molecule has 1 aromatic carbocycles. The predicted octanol–water partition coefficient (Wildman–Crippen LogP) is 4.83. The molecule has 4 atom stereocenters. The third-order valence-corrected chi connectivity index (χ3v) is 5.48. The molecule has 18 heavy (non-hydrogen) atoms. The quantitative estimate of drug-likeness (QED) is 0.838. The maximum atomic E-state index is 6.28. The zero-order valence-electron chi connectivity index (χ0n) is 10.6. The van der Waals surface area contributed by atoms with Crippen molar-refractivity contribution >= 4 is 23.2 Å². The van der Waals surface area contributed by atoms with E-state index in [1.165, 1.54) is 25.7 Å². The molecule has 0 aliphatic heterocycles. The van der Waals surface area contributed by atoms with E-state index in [9.17, 15) is 0 Å². The Morgan fingerprint density at radius 1 is 1.22 bits per heavy atom. The van der Waals surface area contributed by atoms with Gasteiger partial charge in [0.25, 0.3) is 0 Å². The van der Waals surface area contributed by atoms with Crippen LogP contribution in [0.5, 0.6) is 0 Å². The van der Waals surface area contributed by atoms with Gasteiger partial charge in [-0.1, -0.05) is 41.8 Å². The van der Waals surface area contributed by atoms with Crippen LogP contribution in [0.4, 0.5) is 0 Å². The number of nitrogens with one attached hydrogen (secondary N) is 1. The van der Waals surface area contributed by atoms with E-state index in [4.69, 9.17) is 23.2 Å². The van der Waals surface area contributed by atoms with E-state index in [1.807, 2.05) is 12.1 Å². The summed E-state index contributed by atoms with van der Waals surface area (Å²) in [5, 5.41) is 5.10. The molecule has 0 amide bonds. The molecule has 1 nitrogen and oxygen atoms in total. The molecule has 4 unspecified atom stereocenters. The molecule has 2 fully saturated rings. The highest BCUT2D eigenvalue weighted by molar-refractivity contribution is 6.42. The minimum Gasteiger partial charge on any atom is -0.307 e. The summed E-state index contributed by atoms with van der Waals surface area (Å²) in [5.41, 5.74) is 1.12. The van der Waals surface area contributed by atoms with Gasteiger partial charge in [0.15, 0.2) is 0 Å². The Morgan fingerprint density at radius 3 is 2.72 bits per heavy atom. The van der Waals surface area contributed by atoms with Crippen molar-refractivity contribution in [2.75, 3.05) is 0 Å². The van der Waals surface area contributed by atoms with E-state index in [1.54, 1.807) is 0 Å². The fraction of sp³-hybridized carbons (Fsp3) is 0.600. The van der Waals surface area contributed by atoms with Crippen LogP contribution < -0.4 is 5.32 Å². The summed E-state index contributed by atoms with van der Waals surface area (Å²) in [6, 6.07) is 6.84. The van der Waals surface area contributed by atoms with Crippen molar-refractivity contribution in [2.24, 2.45) is 11.8 Å². The molecular weight excluding hydrogens is 265 g/mol. The molecule has 0 heterocycles. The third kappa shape index (κ3) is 2.29. The van der Waals surface area contributed by atoms with Crippen LogP contribution in [0.1, 0.15) is 44.2 Å². The molecule has 3 rings (SSSR count). The topological polar surface area (TPSA) is 12.0 Å². The number of halogens is 2. The third-order valence-electron chi connectivity index (χ3n) is 4.65. The molecule has 0 saturated heterocycles. The summed E-state index contributed by atoms with van der Waals surface area (Å²) in [4.78, 5) is 0. The fourth-order valence-corrected chi connectivity index (χ4v) is 4.19. The van der Waals surface area contributed by atoms with E-state index < -0.39 is 0 Å². The molecular formula is C15H19Cl2N. The van der Waals surface area contributed by atoms with Gasteiger partial charge in [-0.2, -0.15) is 0 Å². The summed E-state index contributed by atoms with van der Waals surface area (Å²) in [6.45, 7) is 2.18. The zero-order valence-corrected chi connectivity index (χ0v) is 12.1. The van der Waals surface area contributed by atoms with Gasteiger partial charge in [0.2, 0.25) is 0 Å².